The molecule has 1 N–H and O–H groups in total. The van der Waals surface area contributed by atoms with Crippen LogP contribution in [0, 0.1) is 0 Å². The Kier molecular flexibility index (Phi) is 8.60. The predicted molar refractivity (Wildman–Crippen MR) is 149 cm³/mol. The number of nitrogens with zero attached hydrogens (tertiary/aromatic N) is 3. The minimum atomic E-state index is -4.89. The molecule has 0 saturated carbocycles. The standard InChI is InChI=1S/C31H30F6N4O/c1-42-28-9-5-3-7-25(28)27(20-38-19-21-16-23(30(32,33)34)18-24(17-21)31(35,36)37)40-12-14-41(15-13-40)29-11-10-22-6-2-4-8-26(22)39-29/h2-11,16-18,27,38H,12-15,19-20H2,1H3. The van der Waals surface area contributed by atoms with Crippen molar-refractivity contribution in [3.8, 4) is 5.75 Å². The highest BCUT2D eigenvalue weighted by Gasteiger charge is 2.37. The number of fused-ring (bicyclic) bond motifs is 1. The van der Waals surface area contributed by atoms with Crippen molar-refractivity contribution in [3.63, 3.8) is 0 Å². The van der Waals surface area contributed by atoms with Gasteiger partial charge in [-0.3, -0.25) is 4.90 Å². The molecule has 0 radical (unpaired) electrons. The number of benzene rings is 3. The van der Waals surface area contributed by atoms with Crippen molar-refractivity contribution in [3.05, 3.63) is 101 Å². The van der Waals surface area contributed by atoms with E-state index in [1.54, 1.807) is 7.11 Å². The summed E-state index contributed by atoms with van der Waals surface area (Å²) in [5.41, 5.74) is -0.952. The number of rotatable bonds is 8. The largest absolute Gasteiger partial charge is 0.496 e. The molecule has 0 spiro atoms. The monoisotopic (exact) mass is 588 g/mol. The number of ether oxygens (including phenoxy) is 1. The van der Waals surface area contributed by atoms with Crippen molar-refractivity contribution >= 4 is 16.7 Å². The molecule has 5 rings (SSSR count). The SMILES string of the molecule is COc1ccccc1C(CNCc1cc(C(F)(F)F)cc(C(F)(F)F)c1)N1CCN(c2ccc3ccccc3n2)CC1. The van der Waals surface area contributed by atoms with Crippen LogP contribution in [0.15, 0.2) is 78.9 Å². The zero-order chi connectivity index (χ0) is 29.9. The summed E-state index contributed by atoms with van der Waals surface area (Å²) in [5, 5.41) is 4.17. The lowest BCUT2D eigenvalue weighted by Gasteiger charge is -2.40. The fourth-order valence-electron chi connectivity index (χ4n) is 5.35. The molecule has 1 saturated heterocycles. The maximum atomic E-state index is 13.3. The number of hydrogen-bond acceptors (Lipinski definition) is 5. The molecule has 0 amide bonds. The fraction of sp³-hybridized carbons (Fsp3) is 0.323. The van der Waals surface area contributed by atoms with Crippen LogP contribution in [-0.4, -0.2) is 49.7 Å². The highest BCUT2D eigenvalue weighted by Crippen LogP contribution is 2.36. The highest BCUT2D eigenvalue weighted by atomic mass is 19.4. The molecule has 4 aromatic rings. The molecule has 222 valence electrons. The van der Waals surface area contributed by atoms with Gasteiger partial charge in [0.1, 0.15) is 11.6 Å². The normalized spacial score (nSPS) is 15.6. The van der Waals surface area contributed by atoms with Gasteiger partial charge in [0.05, 0.1) is 29.8 Å². The molecule has 11 heteroatoms. The molecule has 1 unspecified atom stereocenters. The van der Waals surface area contributed by atoms with E-state index < -0.39 is 23.5 Å². The van der Waals surface area contributed by atoms with Gasteiger partial charge in [0.15, 0.2) is 0 Å². The first-order valence-electron chi connectivity index (χ1n) is 13.5. The smallest absolute Gasteiger partial charge is 0.416 e. The van der Waals surface area contributed by atoms with Gasteiger partial charge in [-0.2, -0.15) is 26.3 Å². The van der Waals surface area contributed by atoms with Gasteiger partial charge in [0.25, 0.3) is 0 Å². The minimum Gasteiger partial charge on any atom is -0.496 e. The summed E-state index contributed by atoms with van der Waals surface area (Å²) < 4.78 is 85.7. The number of anilines is 1. The molecular formula is C31H30F6N4O. The van der Waals surface area contributed by atoms with Crippen LogP contribution in [0.4, 0.5) is 32.2 Å². The van der Waals surface area contributed by atoms with Crippen LogP contribution >= 0.6 is 0 Å². The van der Waals surface area contributed by atoms with Gasteiger partial charge in [0, 0.05) is 50.2 Å². The molecular weight excluding hydrogens is 558 g/mol. The lowest BCUT2D eigenvalue weighted by atomic mass is 10.0. The highest BCUT2D eigenvalue weighted by molar-refractivity contribution is 5.80. The third-order valence-corrected chi connectivity index (χ3v) is 7.47. The van der Waals surface area contributed by atoms with Crippen molar-refractivity contribution in [1.29, 1.82) is 0 Å². The Balaban J connectivity index is 1.33. The second-order valence-corrected chi connectivity index (χ2v) is 10.2. The number of alkyl halides is 6. The fourth-order valence-corrected chi connectivity index (χ4v) is 5.35. The lowest BCUT2D eigenvalue weighted by molar-refractivity contribution is -0.143. The molecule has 42 heavy (non-hydrogen) atoms. The van der Waals surface area contributed by atoms with E-state index in [0.717, 1.165) is 34.4 Å². The first-order chi connectivity index (χ1) is 20.0. The van der Waals surface area contributed by atoms with E-state index in [-0.39, 0.29) is 30.8 Å². The Hall–Kier alpha value is -3.83. The average Bonchev–Trinajstić information content (AvgIpc) is 2.98. The van der Waals surface area contributed by atoms with Crippen LogP contribution in [0.1, 0.15) is 28.3 Å². The maximum absolute atomic E-state index is 13.3. The van der Waals surface area contributed by atoms with E-state index >= 15 is 0 Å². The summed E-state index contributed by atoms with van der Waals surface area (Å²) in [4.78, 5) is 9.25. The number of halogens is 6. The van der Waals surface area contributed by atoms with Crippen LogP contribution in [0.5, 0.6) is 5.75 Å². The summed E-state index contributed by atoms with van der Waals surface area (Å²) in [6.45, 7) is 2.84. The van der Waals surface area contributed by atoms with Gasteiger partial charge >= 0.3 is 12.4 Å². The number of nitrogens with one attached hydrogen (secondary N) is 1. The Morgan fingerprint density at radius 2 is 1.45 bits per heavy atom. The zero-order valence-corrected chi connectivity index (χ0v) is 22.8. The maximum Gasteiger partial charge on any atom is 0.416 e. The number of piperazine rings is 1. The van der Waals surface area contributed by atoms with Gasteiger partial charge in [-0.1, -0.05) is 36.4 Å². The van der Waals surface area contributed by atoms with Crippen molar-refractivity contribution < 1.29 is 31.1 Å². The molecule has 0 aliphatic carbocycles. The van der Waals surface area contributed by atoms with Crippen molar-refractivity contribution in [2.45, 2.75) is 24.9 Å². The Labute approximate surface area is 239 Å². The molecule has 5 nitrogen and oxygen atoms in total. The number of hydrogen-bond donors (Lipinski definition) is 1. The quantitative estimate of drug-likeness (QED) is 0.226. The van der Waals surface area contributed by atoms with E-state index in [2.05, 4.69) is 15.1 Å². The lowest BCUT2D eigenvalue weighted by Crippen LogP contribution is -2.49. The van der Waals surface area contributed by atoms with Gasteiger partial charge in [-0.25, -0.2) is 4.98 Å². The van der Waals surface area contributed by atoms with Crippen LogP contribution in [0.2, 0.25) is 0 Å². The van der Waals surface area contributed by atoms with Crippen LogP contribution in [0.25, 0.3) is 10.9 Å². The van der Waals surface area contributed by atoms with Gasteiger partial charge < -0.3 is 15.0 Å². The predicted octanol–water partition coefficient (Wildman–Crippen LogP) is 6.93. The Morgan fingerprint density at radius 1 is 0.810 bits per heavy atom. The summed E-state index contributed by atoms with van der Waals surface area (Å²) >= 11 is 0. The minimum absolute atomic E-state index is 0.0943. The van der Waals surface area contributed by atoms with E-state index in [1.165, 1.54) is 0 Å². The molecule has 3 aromatic carbocycles. The number of methoxy groups -OCH3 is 1. The van der Waals surface area contributed by atoms with E-state index in [1.807, 2.05) is 60.7 Å². The Morgan fingerprint density at radius 3 is 2.12 bits per heavy atom. The summed E-state index contributed by atoms with van der Waals surface area (Å²) in [7, 11) is 1.56. The summed E-state index contributed by atoms with van der Waals surface area (Å²) in [6.07, 6.45) is -9.79. The van der Waals surface area contributed by atoms with E-state index in [9.17, 15) is 26.3 Å². The first-order valence-corrected chi connectivity index (χ1v) is 13.5. The van der Waals surface area contributed by atoms with Crippen molar-refractivity contribution in [2.24, 2.45) is 0 Å². The van der Waals surface area contributed by atoms with Crippen LogP contribution in [0.3, 0.4) is 0 Å². The third kappa shape index (κ3) is 6.79. The summed E-state index contributed by atoms with van der Waals surface area (Å²) in [6, 6.07) is 20.9. The molecule has 0 bridgehead atoms. The molecule has 1 aromatic heterocycles. The first kappa shape index (κ1) is 29.7. The van der Waals surface area contributed by atoms with E-state index in [4.69, 9.17) is 9.72 Å². The van der Waals surface area contributed by atoms with Crippen LogP contribution in [-0.2, 0) is 18.9 Å². The summed E-state index contributed by atoms with van der Waals surface area (Å²) in [5.74, 6) is 1.53. The van der Waals surface area contributed by atoms with E-state index in [0.29, 0.717) is 31.9 Å². The number of para-hydroxylation sites is 2. The molecule has 1 aliphatic heterocycles. The third-order valence-electron chi connectivity index (χ3n) is 7.47. The average molecular weight is 589 g/mol. The van der Waals surface area contributed by atoms with Gasteiger partial charge in [-0.15, -0.1) is 0 Å². The molecule has 1 fully saturated rings. The number of aromatic nitrogens is 1. The number of pyridine rings is 1. The zero-order valence-electron chi connectivity index (χ0n) is 22.8. The topological polar surface area (TPSA) is 40.6 Å². The second kappa shape index (κ2) is 12.2. The second-order valence-electron chi connectivity index (χ2n) is 10.2. The van der Waals surface area contributed by atoms with Gasteiger partial charge in [0.2, 0.25) is 0 Å². The van der Waals surface area contributed by atoms with Gasteiger partial charge in [-0.05, 0) is 48.0 Å². The van der Waals surface area contributed by atoms with Crippen LogP contribution < -0.4 is 15.0 Å². The van der Waals surface area contributed by atoms with Crippen molar-refractivity contribution in [2.75, 3.05) is 44.7 Å². The molecule has 1 aliphatic rings. The molecule has 2 heterocycles. The van der Waals surface area contributed by atoms with Crippen molar-refractivity contribution in [1.82, 2.24) is 15.2 Å². The Bertz CT molecular complexity index is 1480. The molecule has 1 atom stereocenters.